The van der Waals surface area contributed by atoms with Crippen LogP contribution in [0.2, 0.25) is 0 Å². The molecule has 0 heterocycles. The highest BCUT2D eigenvalue weighted by molar-refractivity contribution is 6.29. The number of aryl methyl sites for hydroxylation is 2. The van der Waals surface area contributed by atoms with Crippen molar-refractivity contribution in [2.45, 2.75) is 20.8 Å². The normalized spacial score (nSPS) is 11.7. The van der Waals surface area contributed by atoms with E-state index in [0.717, 1.165) is 17.1 Å². The Balaban J connectivity index is 1.86. The van der Waals surface area contributed by atoms with Gasteiger partial charge in [0.15, 0.2) is 0 Å². The predicted molar refractivity (Wildman–Crippen MR) is 91.2 cm³/mol. The lowest BCUT2D eigenvalue weighted by Gasteiger charge is -2.02. The Morgan fingerprint density at radius 3 is 1.81 bits per heavy atom. The Bertz CT molecular complexity index is 625. The molecule has 0 atom stereocenters. The van der Waals surface area contributed by atoms with E-state index in [1.54, 1.807) is 6.21 Å². The number of hydrogen-bond acceptors (Lipinski definition) is 4. The quantitative estimate of drug-likeness (QED) is 0.637. The van der Waals surface area contributed by atoms with Crippen LogP contribution in [0.4, 0.5) is 11.4 Å². The minimum atomic E-state index is 0.787. The SMILES string of the molecule is CC(/C=N/Nc1ccc(C)cc1)=N\Nc1ccc(C)cc1. The van der Waals surface area contributed by atoms with E-state index in [0.29, 0.717) is 0 Å². The molecule has 0 aromatic heterocycles. The Morgan fingerprint density at radius 1 is 0.810 bits per heavy atom. The average Bonchev–Trinajstić information content (AvgIpc) is 2.49. The van der Waals surface area contributed by atoms with E-state index in [1.165, 1.54) is 11.1 Å². The molecule has 2 aromatic carbocycles. The van der Waals surface area contributed by atoms with Gasteiger partial charge in [-0.25, -0.2) is 0 Å². The monoisotopic (exact) mass is 280 g/mol. The van der Waals surface area contributed by atoms with Crippen LogP contribution < -0.4 is 10.9 Å². The summed E-state index contributed by atoms with van der Waals surface area (Å²) in [5, 5.41) is 8.40. The summed E-state index contributed by atoms with van der Waals surface area (Å²) in [6.07, 6.45) is 1.68. The number of nitrogens with zero attached hydrogens (tertiary/aromatic N) is 2. The van der Waals surface area contributed by atoms with E-state index >= 15 is 0 Å². The van der Waals surface area contributed by atoms with Gasteiger partial charge < -0.3 is 0 Å². The standard InChI is InChI=1S/C17H20N4/c1-13-4-8-16(9-5-13)20-18-12-15(3)19-21-17-10-6-14(2)7-11-17/h4-12,20-21H,1-3H3/b18-12+,19-15+. The summed E-state index contributed by atoms with van der Waals surface area (Å²) < 4.78 is 0. The smallest absolute Gasteiger partial charge is 0.0776 e. The molecule has 0 unspecified atom stereocenters. The van der Waals surface area contributed by atoms with Gasteiger partial charge in [-0.15, -0.1) is 0 Å². The molecule has 4 nitrogen and oxygen atoms in total. The van der Waals surface area contributed by atoms with Gasteiger partial charge in [-0.1, -0.05) is 35.4 Å². The van der Waals surface area contributed by atoms with Gasteiger partial charge in [0, 0.05) is 0 Å². The number of hydrazone groups is 2. The molecular formula is C17H20N4. The molecule has 0 aliphatic rings. The molecule has 0 saturated heterocycles. The number of rotatable bonds is 5. The molecule has 4 heteroatoms. The maximum atomic E-state index is 4.25. The van der Waals surface area contributed by atoms with Gasteiger partial charge in [-0.05, 0) is 45.0 Å². The maximum absolute atomic E-state index is 4.25. The Hall–Kier alpha value is -2.62. The Morgan fingerprint density at radius 2 is 1.29 bits per heavy atom. The first kappa shape index (κ1) is 14.8. The first-order valence-corrected chi connectivity index (χ1v) is 6.86. The summed E-state index contributed by atoms with van der Waals surface area (Å²) in [6, 6.07) is 16.1. The minimum Gasteiger partial charge on any atom is -0.278 e. The first-order chi connectivity index (χ1) is 10.1. The van der Waals surface area contributed by atoms with E-state index in [-0.39, 0.29) is 0 Å². The molecule has 2 rings (SSSR count). The molecule has 0 radical (unpaired) electrons. The Labute approximate surface area is 125 Å². The van der Waals surface area contributed by atoms with Crippen LogP contribution in [-0.4, -0.2) is 11.9 Å². The topological polar surface area (TPSA) is 48.8 Å². The highest BCUT2D eigenvalue weighted by atomic mass is 15.3. The van der Waals surface area contributed by atoms with Crippen molar-refractivity contribution in [1.29, 1.82) is 0 Å². The highest BCUT2D eigenvalue weighted by Gasteiger charge is 1.91. The predicted octanol–water partition coefficient (Wildman–Crippen LogP) is 4.19. The van der Waals surface area contributed by atoms with Gasteiger partial charge in [0.25, 0.3) is 0 Å². The third kappa shape index (κ3) is 5.10. The van der Waals surface area contributed by atoms with Crippen LogP contribution in [-0.2, 0) is 0 Å². The molecule has 0 spiro atoms. The van der Waals surface area contributed by atoms with Crippen molar-refractivity contribution in [1.82, 2.24) is 0 Å². The Kier molecular flexibility index (Phi) is 5.10. The average molecular weight is 280 g/mol. The zero-order valence-electron chi connectivity index (χ0n) is 12.6. The van der Waals surface area contributed by atoms with Crippen molar-refractivity contribution in [3.63, 3.8) is 0 Å². The molecule has 2 N–H and O–H groups in total. The minimum absolute atomic E-state index is 0.787. The zero-order chi connectivity index (χ0) is 15.1. The highest BCUT2D eigenvalue weighted by Crippen LogP contribution is 2.09. The molecular weight excluding hydrogens is 260 g/mol. The second kappa shape index (κ2) is 7.24. The molecule has 0 aliphatic carbocycles. The van der Waals surface area contributed by atoms with Crippen LogP contribution in [0.15, 0.2) is 58.7 Å². The second-order valence-corrected chi connectivity index (χ2v) is 4.97. The van der Waals surface area contributed by atoms with E-state index in [9.17, 15) is 0 Å². The fourth-order valence-electron chi connectivity index (χ4n) is 1.64. The van der Waals surface area contributed by atoms with Crippen molar-refractivity contribution in [2.24, 2.45) is 10.2 Å². The summed E-state index contributed by atoms with van der Waals surface area (Å²) in [5.74, 6) is 0. The summed E-state index contributed by atoms with van der Waals surface area (Å²) in [6.45, 7) is 6.00. The number of anilines is 2. The van der Waals surface area contributed by atoms with Gasteiger partial charge in [-0.3, -0.25) is 10.9 Å². The van der Waals surface area contributed by atoms with Crippen molar-refractivity contribution in [3.8, 4) is 0 Å². The molecule has 2 aromatic rings. The molecule has 0 saturated carbocycles. The van der Waals surface area contributed by atoms with Crippen LogP contribution >= 0.6 is 0 Å². The van der Waals surface area contributed by atoms with Crippen LogP contribution in [0.5, 0.6) is 0 Å². The fourth-order valence-corrected chi connectivity index (χ4v) is 1.64. The van der Waals surface area contributed by atoms with Gasteiger partial charge in [0.05, 0.1) is 23.3 Å². The fraction of sp³-hybridized carbons (Fsp3) is 0.176. The van der Waals surface area contributed by atoms with Crippen LogP contribution in [0.1, 0.15) is 18.1 Å². The van der Waals surface area contributed by atoms with E-state index in [4.69, 9.17) is 0 Å². The van der Waals surface area contributed by atoms with Gasteiger partial charge in [-0.2, -0.15) is 10.2 Å². The lowest BCUT2D eigenvalue weighted by atomic mass is 10.2. The number of benzene rings is 2. The molecule has 0 amide bonds. The molecule has 21 heavy (non-hydrogen) atoms. The lowest BCUT2D eigenvalue weighted by molar-refractivity contribution is 1.31. The van der Waals surface area contributed by atoms with Gasteiger partial charge in [0.1, 0.15) is 0 Å². The summed E-state index contributed by atoms with van der Waals surface area (Å²) >= 11 is 0. The van der Waals surface area contributed by atoms with E-state index in [2.05, 4.69) is 34.9 Å². The first-order valence-electron chi connectivity index (χ1n) is 6.86. The molecule has 108 valence electrons. The molecule has 0 bridgehead atoms. The third-order valence-electron chi connectivity index (χ3n) is 2.91. The van der Waals surface area contributed by atoms with Crippen molar-refractivity contribution in [3.05, 3.63) is 59.7 Å². The van der Waals surface area contributed by atoms with Crippen molar-refractivity contribution < 1.29 is 0 Å². The van der Waals surface area contributed by atoms with E-state index < -0.39 is 0 Å². The van der Waals surface area contributed by atoms with E-state index in [1.807, 2.05) is 55.5 Å². The second-order valence-electron chi connectivity index (χ2n) is 4.97. The largest absolute Gasteiger partial charge is 0.278 e. The van der Waals surface area contributed by atoms with Crippen LogP contribution in [0.25, 0.3) is 0 Å². The maximum Gasteiger partial charge on any atom is 0.0776 e. The zero-order valence-corrected chi connectivity index (χ0v) is 12.6. The van der Waals surface area contributed by atoms with Crippen molar-refractivity contribution in [2.75, 3.05) is 10.9 Å². The summed E-state index contributed by atoms with van der Waals surface area (Å²) in [4.78, 5) is 0. The summed E-state index contributed by atoms with van der Waals surface area (Å²) in [7, 11) is 0. The van der Waals surface area contributed by atoms with Crippen LogP contribution in [0.3, 0.4) is 0 Å². The lowest BCUT2D eigenvalue weighted by Crippen LogP contribution is -2.01. The van der Waals surface area contributed by atoms with Gasteiger partial charge in [0.2, 0.25) is 0 Å². The number of hydrogen-bond donors (Lipinski definition) is 2. The van der Waals surface area contributed by atoms with Gasteiger partial charge >= 0.3 is 0 Å². The molecule has 0 fully saturated rings. The molecule has 0 aliphatic heterocycles. The summed E-state index contributed by atoms with van der Waals surface area (Å²) in [5.41, 5.74) is 11.1. The number of nitrogens with one attached hydrogen (secondary N) is 2. The van der Waals surface area contributed by atoms with Crippen LogP contribution in [0, 0.1) is 13.8 Å². The van der Waals surface area contributed by atoms with Crippen molar-refractivity contribution >= 4 is 23.3 Å². The third-order valence-corrected chi connectivity index (χ3v) is 2.91.